The van der Waals surface area contributed by atoms with Crippen LogP contribution in [0.25, 0.3) is 0 Å². The zero-order valence-electron chi connectivity index (χ0n) is 13.3. The molecule has 2 aromatic carbocycles. The van der Waals surface area contributed by atoms with Crippen LogP contribution in [0.4, 0.5) is 4.79 Å². The second-order valence-corrected chi connectivity index (χ2v) is 5.62. The lowest BCUT2D eigenvalue weighted by Crippen LogP contribution is -2.31. The van der Waals surface area contributed by atoms with Crippen LogP contribution in [-0.4, -0.2) is 16.3 Å². The summed E-state index contributed by atoms with van der Waals surface area (Å²) >= 11 is 0. The van der Waals surface area contributed by atoms with E-state index in [-0.39, 0.29) is 6.54 Å². The summed E-state index contributed by atoms with van der Waals surface area (Å²) in [5, 5.41) is 9.84. The van der Waals surface area contributed by atoms with Gasteiger partial charge in [-0.1, -0.05) is 50.0 Å². The summed E-state index contributed by atoms with van der Waals surface area (Å²) in [4.78, 5) is 10.8. The van der Waals surface area contributed by atoms with Crippen molar-refractivity contribution in [2.24, 2.45) is 5.73 Å². The van der Waals surface area contributed by atoms with Crippen LogP contribution in [0.1, 0.15) is 42.0 Å². The van der Waals surface area contributed by atoms with Gasteiger partial charge in [0.05, 0.1) is 6.54 Å². The lowest BCUT2D eigenvalue weighted by molar-refractivity contribution is -0.0470. The second-order valence-electron chi connectivity index (χ2n) is 5.62. The minimum Gasteiger partial charge on any atom is -0.350 e. The molecule has 2 aromatic rings. The van der Waals surface area contributed by atoms with Gasteiger partial charge < -0.3 is 5.73 Å². The Morgan fingerprint density at radius 3 is 2.39 bits per heavy atom. The van der Waals surface area contributed by atoms with Crippen LogP contribution in [0.5, 0.6) is 0 Å². The zero-order chi connectivity index (χ0) is 16.8. The van der Waals surface area contributed by atoms with Crippen molar-refractivity contribution in [2.75, 3.05) is 0 Å². The van der Waals surface area contributed by atoms with Crippen molar-refractivity contribution in [3.63, 3.8) is 0 Å². The molecule has 0 saturated carbocycles. The highest BCUT2D eigenvalue weighted by atomic mass is 16.5. The summed E-state index contributed by atoms with van der Waals surface area (Å²) in [5.74, 6) is 6.70. The fourth-order valence-corrected chi connectivity index (χ4v) is 2.09. The Morgan fingerprint density at radius 1 is 1.13 bits per heavy atom. The van der Waals surface area contributed by atoms with E-state index in [2.05, 4.69) is 37.8 Å². The van der Waals surface area contributed by atoms with E-state index < -0.39 is 6.03 Å². The van der Waals surface area contributed by atoms with E-state index in [1.54, 1.807) is 6.07 Å². The van der Waals surface area contributed by atoms with E-state index in [1.165, 1.54) is 5.56 Å². The molecule has 3 N–H and O–H groups in total. The Kier molecular flexibility index (Phi) is 5.40. The fourth-order valence-electron chi connectivity index (χ4n) is 2.09. The summed E-state index contributed by atoms with van der Waals surface area (Å²) in [6.07, 6.45) is 0. The van der Waals surface area contributed by atoms with Crippen molar-refractivity contribution >= 4 is 6.03 Å². The normalized spacial score (nSPS) is 10.1. The molecule has 0 atom stereocenters. The van der Waals surface area contributed by atoms with E-state index >= 15 is 0 Å². The van der Waals surface area contributed by atoms with Gasteiger partial charge in [0.1, 0.15) is 0 Å². The Morgan fingerprint density at radius 2 is 1.78 bits per heavy atom. The van der Waals surface area contributed by atoms with Gasteiger partial charge in [-0.2, -0.15) is 0 Å². The first-order valence-electron chi connectivity index (χ1n) is 7.42. The number of rotatable bonds is 3. The van der Waals surface area contributed by atoms with E-state index in [0.29, 0.717) is 11.0 Å². The molecular weight excluding hydrogens is 288 g/mol. The van der Waals surface area contributed by atoms with E-state index in [9.17, 15) is 10.0 Å². The molecule has 2 amide bonds. The van der Waals surface area contributed by atoms with Gasteiger partial charge in [-0.05, 0) is 41.3 Å². The number of carbonyl (C=O) groups excluding carboxylic acids is 1. The molecule has 0 aliphatic rings. The first-order chi connectivity index (χ1) is 11.0. The molecule has 0 aromatic heterocycles. The summed E-state index contributed by atoms with van der Waals surface area (Å²) in [6.45, 7) is 4.35. The molecule has 0 heterocycles. The molecule has 4 nitrogen and oxygen atoms in total. The summed E-state index contributed by atoms with van der Waals surface area (Å²) in [7, 11) is 0. The number of carbonyl (C=O) groups is 1. The number of hydroxylamine groups is 2. The first-order valence-corrected chi connectivity index (χ1v) is 7.42. The van der Waals surface area contributed by atoms with Crippen molar-refractivity contribution in [1.82, 2.24) is 5.06 Å². The predicted octanol–water partition coefficient (Wildman–Crippen LogP) is 3.48. The quantitative estimate of drug-likeness (QED) is 0.518. The highest BCUT2D eigenvalue weighted by Gasteiger charge is 2.06. The average molecular weight is 308 g/mol. The molecule has 0 bridgehead atoms. The zero-order valence-corrected chi connectivity index (χ0v) is 13.3. The van der Waals surface area contributed by atoms with Gasteiger partial charge in [0, 0.05) is 11.1 Å². The van der Waals surface area contributed by atoms with Crippen molar-refractivity contribution < 1.29 is 10.0 Å². The van der Waals surface area contributed by atoms with Gasteiger partial charge in [-0.15, -0.1) is 0 Å². The van der Waals surface area contributed by atoms with Crippen LogP contribution >= 0.6 is 0 Å². The molecule has 0 spiro atoms. The van der Waals surface area contributed by atoms with Crippen molar-refractivity contribution in [3.8, 4) is 11.8 Å². The van der Waals surface area contributed by atoms with Crippen LogP contribution in [0.3, 0.4) is 0 Å². The third kappa shape index (κ3) is 4.87. The SMILES string of the molecule is CC(C)c1ccc(C#Cc2cccc(CN(O)C(N)=O)c2)cc1. The Labute approximate surface area is 136 Å². The van der Waals surface area contributed by atoms with Crippen LogP contribution in [0, 0.1) is 11.8 Å². The minimum atomic E-state index is -0.883. The van der Waals surface area contributed by atoms with Gasteiger partial charge >= 0.3 is 6.03 Å². The van der Waals surface area contributed by atoms with Gasteiger partial charge in [-0.3, -0.25) is 5.21 Å². The number of amides is 2. The topological polar surface area (TPSA) is 66.6 Å². The number of hydrogen-bond acceptors (Lipinski definition) is 2. The van der Waals surface area contributed by atoms with Crippen LogP contribution in [0.15, 0.2) is 48.5 Å². The van der Waals surface area contributed by atoms with Crippen LogP contribution in [-0.2, 0) is 6.54 Å². The molecular formula is C19H20N2O2. The Hall–Kier alpha value is -2.77. The summed E-state index contributed by atoms with van der Waals surface area (Å²) < 4.78 is 0. The number of urea groups is 1. The smallest absolute Gasteiger partial charge is 0.338 e. The predicted molar refractivity (Wildman–Crippen MR) is 89.9 cm³/mol. The van der Waals surface area contributed by atoms with E-state index in [1.807, 2.05) is 30.3 Å². The van der Waals surface area contributed by atoms with Gasteiger partial charge in [-0.25, -0.2) is 9.86 Å². The lowest BCUT2D eigenvalue weighted by atomic mass is 10.0. The number of hydrogen-bond donors (Lipinski definition) is 2. The van der Waals surface area contributed by atoms with Crippen molar-refractivity contribution in [3.05, 3.63) is 70.8 Å². The maximum Gasteiger partial charge on any atom is 0.338 e. The molecule has 0 fully saturated rings. The number of benzene rings is 2. The molecule has 118 valence electrons. The van der Waals surface area contributed by atoms with E-state index in [4.69, 9.17) is 5.73 Å². The molecule has 23 heavy (non-hydrogen) atoms. The lowest BCUT2D eigenvalue weighted by Gasteiger charge is -2.11. The summed E-state index contributed by atoms with van der Waals surface area (Å²) in [5.41, 5.74) is 8.80. The molecule has 0 unspecified atom stereocenters. The number of nitrogens with zero attached hydrogens (tertiary/aromatic N) is 1. The first kappa shape index (κ1) is 16.6. The third-order valence-electron chi connectivity index (χ3n) is 3.44. The minimum absolute atomic E-state index is 0.0357. The van der Waals surface area contributed by atoms with Gasteiger partial charge in [0.2, 0.25) is 0 Å². The maximum absolute atomic E-state index is 10.8. The number of nitrogens with two attached hydrogens (primary N) is 1. The average Bonchev–Trinajstić information content (AvgIpc) is 2.53. The van der Waals surface area contributed by atoms with Crippen LogP contribution < -0.4 is 5.73 Å². The highest BCUT2D eigenvalue weighted by Crippen LogP contribution is 2.14. The number of primary amides is 1. The fraction of sp³-hybridized carbons (Fsp3) is 0.211. The maximum atomic E-state index is 10.8. The molecule has 0 radical (unpaired) electrons. The molecule has 0 saturated heterocycles. The second kappa shape index (κ2) is 7.48. The van der Waals surface area contributed by atoms with Gasteiger partial charge in [0.25, 0.3) is 0 Å². The monoisotopic (exact) mass is 308 g/mol. The summed E-state index contributed by atoms with van der Waals surface area (Å²) in [6, 6.07) is 14.6. The molecule has 0 aliphatic carbocycles. The van der Waals surface area contributed by atoms with E-state index in [0.717, 1.165) is 16.7 Å². The highest BCUT2D eigenvalue weighted by molar-refractivity contribution is 5.70. The largest absolute Gasteiger partial charge is 0.350 e. The van der Waals surface area contributed by atoms with Crippen LogP contribution in [0.2, 0.25) is 0 Å². The Balaban J connectivity index is 2.13. The Bertz CT molecular complexity index is 740. The van der Waals surface area contributed by atoms with Gasteiger partial charge in [0.15, 0.2) is 0 Å². The molecule has 0 aliphatic heterocycles. The third-order valence-corrected chi connectivity index (χ3v) is 3.44. The molecule has 2 rings (SSSR count). The van der Waals surface area contributed by atoms with Crippen molar-refractivity contribution in [2.45, 2.75) is 26.3 Å². The van der Waals surface area contributed by atoms with Crippen molar-refractivity contribution in [1.29, 1.82) is 0 Å². The molecule has 4 heteroatoms. The standard InChI is InChI=1S/C19H20N2O2/c1-14(2)18-10-8-15(9-11-18)6-7-16-4-3-5-17(12-16)13-21(23)19(20)22/h3-5,8-12,14,23H,13H2,1-2H3,(H2,20,22).